The number of nitrogens with zero attached hydrogens (tertiary/aromatic N) is 2. The minimum atomic E-state index is -3.28. The summed E-state index contributed by atoms with van der Waals surface area (Å²) in [4.78, 5) is 15.4. The Labute approximate surface area is 155 Å². The van der Waals surface area contributed by atoms with E-state index in [0.717, 1.165) is 6.20 Å². The maximum absolute atomic E-state index is 13.6. The number of hydrogen-bond donors (Lipinski definition) is 1. The van der Waals surface area contributed by atoms with E-state index in [0.29, 0.717) is 6.07 Å². The highest BCUT2D eigenvalue weighted by atomic mass is 19.3. The van der Waals surface area contributed by atoms with E-state index < -0.39 is 37.2 Å². The summed E-state index contributed by atoms with van der Waals surface area (Å²) in [5.74, 6) is -3.02. The highest BCUT2D eigenvalue weighted by Gasteiger charge is 2.16. The number of carbonyl (C=O) groups is 1. The fourth-order valence-electron chi connectivity index (χ4n) is 2.08. The van der Waals surface area contributed by atoms with E-state index in [1.807, 2.05) is 6.07 Å². The van der Waals surface area contributed by atoms with Crippen molar-refractivity contribution in [2.75, 3.05) is 6.61 Å². The molecule has 0 aliphatic heterocycles. The number of halogens is 5. The number of nitrogens with one attached hydrogen (secondary N) is 1. The van der Waals surface area contributed by atoms with E-state index in [1.54, 1.807) is 0 Å². The zero-order chi connectivity index (χ0) is 20.7. The lowest BCUT2D eigenvalue weighted by atomic mass is 10.1. The summed E-state index contributed by atoms with van der Waals surface area (Å²) in [5.41, 5.74) is 0.152. The van der Waals surface area contributed by atoms with Gasteiger partial charge in [0.15, 0.2) is 5.82 Å². The van der Waals surface area contributed by atoms with Gasteiger partial charge in [-0.05, 0) is 24.3 Å². The molecule has 0 radical (unpaired) electrons. The highest BCUT2D eigenvalue weighted by Crippen LogP contribution is 2.21. The van der Waals surface area contributed by atoms with Crippen molar-refractivity contribution in [2.24, 2.45) is 0 Å². The van der Waals surface area contributed by atoms with E-state index >= 15 is 0 Å². The topological polar surface area (TPSA) is 84.2 Å². The Morgan fingerprint density at radius 3 is 2.61 bits per heavy atom. The number of nitriles is 1. The summed E-state index contributed by atoms with van der Waals surface area (Å²) in [6, 6.07) is 6.50. The average molecular weight is 401 g/mol. The van der Waals surface area contributed by atoms with E-state index in [-0.39, 0.29) is 29.0 Å². The quantitative estimate of drug-likeness (QED) is 0.687. The smallest absolute Gasteiger partial charge is 0.388 e. The van der Waals surface area contributed by atoms with E-state index in [9.17, 15) is 26.7 Å². The number of benzene rings is 1. The minimum Gasteiger partial charge on any atom is -0.487 e. The molecule has 1 aromatic heterocycles. The second-order valence-electron chi connectivity index (χ2n) is 5.21. The molecule has 0 atom stereocenters. The molecule has 11 heteroatoms. The van der Waals surface area contributed by atoms with Gasteiger partial charge in [-0.3, -0.25) is 4.79 Å². The first kappa shape index (κ1) is 20.9. The summed E-state index contributed by atoms with van der Waals surface area (Å²) in [6.45, 7) is -4.39. The van der Waals surface area contributed by atoms with E-state index in [1.165, 1.54) is 18.2 Å². The van der Waals surface area contributed by atoms with Crippen LogP contribution in [0.3, 0.4) is 0 Å². The molecule has 1 N–H and O–H groups in total. The van der Waals surface area contributed by atoms with Crippen LogP contribution >= 0.6 is 0 Å². The Hall–Kier alpha value is -3.42. The first-order chi connectivity index (χ1) is 13.3. The molecule has 0 unspecified atom stereocenters. The molecule has 148 valence electrons. The van der Waals surface area contributed by atoms with E-state index in [4.69, 9.17) is 10.00 Å². The van der Waals surface area contributed by atoms with Gasteiger partial charge >= 0.3 is 6.61 Å². The predicted octanol–water partition coefficient (Wildman–Crippen LogP) is 3.27. The van der Waals surface area contributed by atoms with Crippen molar-refractivity contribution in [3.8, 4) is 17.7 Å². The molecule has 1 heterocycles. The highest BCUT2D eigenvalue weighted by molar-refractivity contribution is 5.93. The molecule has 0 saturated heterocycles. The third-order valence-electron chi connectivity index (χ3n) is 3.26. The predicted molar refractivity (Wildman–Crippen MR) is 84.7 cm³/mol. The Bertz CT molecular complexity index is 887. The third-order valence-corrected chi connectivity index (χ3v) is 3.26. The Kier molecular flexibility index (Phi) is 7.08. The van der Waals surface area contributed by atoms with Crippen molar-refractivity contribution < 1.29 is 36.2 Å². The standard InChI is InChI=1S/C17H12F5N3O3/c18-12-4-11(7-25-16(12)28-17(21)22)15(26)24-6-10-3-9(5-23)1-2-13(10)27-8-14(19)20/h1-4,7,14,17H,6,8H2,(H,24,26). The number of amides is 1. The van der Waals surface area contributed by atoms with Crippen LogP contribution in [-0.2, 0) is 6.54 Å². The second kappa shape index (κ2) is 9.50. The van der Waals surface area contributed by atoms with Gasteiger partial charge in [0.2, 0.25) is 0 Å². The van der Waals surface area contributed by atoms with Crippen molar-refractivity contribution in [3.63, 3.8) is 0 Å². The number of hydrogen-bond acceptors (Lipinski definition) is 5. The molecule has 0 bridgehead atoms. The molecule has 0 saturated carbocycles. The van der Waals surface area contributed by atoms with Crippen LogP contribution in [0.1, 0.15) is 21.5 Å². The zero-order valence-electron chi connectivity index (χ0n) is 14.0. The van der Waals surface area contributed by atoms with Crippen LogP contribution in [0.15, 0.2) is 30.5 Å². The van der Waals surface area contributed by atoms with Gasteiger partial charge in [-0.1, -0.05) is 0 Å². The van der Waals surface area contributed by atoms with Crippen molar-refractivity contribution in [1.29, 1.82) is 5.26 Å². The van der Waals surface area contributed by atoms with Crippen LogP contribution in [-0.4, -0.2) is 30.5 Å². The Balaban J connectivity index is 2.11. The monoisotopic (exact) mass is 401 g/mol. The fourth-order valence-corrected chi connectivity index (χ4v) is 2.08. The molecular weight excluding hydrogens is 389 g/mol. The summed E-state index contributed by atoms with van der Waals surface area (Å²) in [6.07, 6.45) is -1.89. The fraction of sp³-hybridized carbons (Fsp3) is 0.235. The minimum absolute atomic E-state index is 0.0320. The van der Waals surface area contributed by atoms with Crippen LogP contribution in [0, 0.1) is 17.1 Å². The van der Waals surface area contributed by atoms with Gasteiger partial charge in [-0.2, -0.15) is 14.0 Å². The lowest BCUT2D eigenvalue weighted by Crippen LogP contribution is -2.24. The summed E-state index contributed by atoms with van der Waals surface area (Å²) in [5, 5.41) is 11.3. The maximum Gasteiger partial charge on any atom is 0.388 e. The zero-order valence-corrected chi connectivity index (χ0v) is 14.0. The molecule has 1 amide bonds. The van der Waals surface area contributed by atoms with Gasteiger partial charge in [-0.25, -0.2) is 18.2 Å². The normalized spacial score (nSPS) is 10.6. The molecule has 0 aliphatic carbocycles. The van der Waals surface area contributed by atoms with Crippen LogP contribution in [0.25, 0.3) is 0 Å². The van der Waals surface area contributed by atoms with Crippen LogP contribution in [0.5, 0.6) is 11.6 Å². The molecule has 6 nitrogen and oxygen atoms in total. The molecular formula is C17H12F5N3O3. The molecule has 0 aliphatic rings. The first-order valence-corrected chi connectivity index (χ1v) is 7.62. The van der Waals surface area contributed by atoms with E-state index in [2.05, 4.69) is 15.0 Å². The summed E-state index contributed by atoms with van der Waals surface area (Å²) in [7, 11) is 0. The lowest BCUT2D eigenvalue weighted by Gasteiger charge is -2.13. The largest absolute Gasteiger partial charge is 0.487 e. The maximum atomic E-state index is 13.6. The van der Waals surface area contributed by atoms with Crippen LogP contribution in [0.4, 0.5) is 22.0 Å². The number of ether oxygens (including phenoxy) is 2. The molecule has 2 rings (SSSR count). The average Bonchev–Trinajstić information content (AvgIpc) is 2.65. The Morgan fingerprint density at radius 2 is 2.00 bits per heavy atom. The number of pyridine rings is 1. The van der Waals surface area contributed by atoms with Crippen molar-refractivity contribution in [2.45, 2.75) is 19.6 Å². The molecule has 0 spiro atoms. The second-order valence-corrected chi connectivity index (χ2v) is 5.21. The molecule has 1 aromatic carbocycles. The number of rotatable bonds is 8. The van der Waals surface area contributed by atoms with Crippen molar-refractivity contribution in [1.82, 2.24) is 10.3 Å². The van der Waals surface area contributed by atoms with Crippen molar-refractivity contribution in [3.05, 3.63) is 53.0 Å². The van der Waals surface area contributed by atoms with Gasteiger partial charge in [0.25, 0.3) is 18.2 Å². The summed E-state index contributed by atoms with van der Waals surface area (Å²) >= 11 is 0. The Morgan fingerprint density at radius 1 is 1.25 bits per heavy atom. The number of aromatic nitrogens is 1. The lowest BCUT2D eigenvalue weighted by molar-refractivity contribution is -0.0553. The van der Waals surface area contributed by atoms with Gasteiger partial charge in [0, 0.05) is 18.3 Å². The van der Waals surface area contributed by atoms with Gasteiger partial charge in [-0.15, -0.1) is 0 Å². The third kappa shape index (κ3) is 5.80. The molecule has 0 fully saturated rings. The number of alkyl halides is 4. The van der Waals surface area contributed by atoms with Crippen LogP contribution in [0.2, 0.25) is 0 Å². The van der Waals surface area contributed by atoms with Gasteiger partial charge in [0.05, 0.1) is 17.2 Å². The van der Waals surface area contributed by atoms with Gasteiger partial charge < -0.3 is 14.8 Å². The first-order valence-electron chi connectivity index (χ1n) is 7.62. The van der Waals surface area contributed by atoms with Crippen molar-refractivity contribution >= 4 is 5.91 Å². The van der Waals surface area contributed by atoms with Gasteiger partial charge in [0.1, 0.15) is 12.4 Å². The SMILES string of the molecule is N#Cc1ccc(OCC(F)F)c(CNC(=O)c2cnc(OC(F)F)c(F)c2)c1. The van der Waals surface area contributed by atoms with Crippen LogP contribution < -0.4 is 14.8 Å². The molecule has 2 aromatic rings. The molecule has 28 heavy (non-hydrogen) atoms. The summed E-state index contributed by atoms with van der Waals surface area (Å²) < 4.78 is 71.3. The number of carbonyl (C=O) groups excluding carboxylic acids is 1.